The van der Waals surface area contributed by atoms with Crippen molar-refractivity contribution in [2.45, 2.75) is 24.5 Å². The molecule has 1 N–H and O–H groups in total. The summed E-state index contributed by atoms with van der Waals surface area (Å²) in [5, 5.41) is 5.90. The number of hydrogen-bond acceptors (Lipinski definition) is 6. The molecule has 4 rings (SSSR count). The summed E-state index contributed by atoms with van der Waals surface area (Å²) in [7, 11) is 0. The minimum Gasteiger partial charge on any atom is -0.458 e. The Morgan fingerprint density at radius 2 is 1.96 bits per heavy atom. The van der Waals surface area contributed by atoms with E-state index >= 15 is 0 Å². The van der Waals surface area contributed by atoms with Gasteiger partial charge in [0.2, 0.25) is 0 Å². The molecule has 1 fully saturated rings. The number of nitrogens with zero attached hydrogens (tertiary/aromatic N) is 1. The number of benzene rings is 1. The average Bonchev–Trinajstić information content (AvgIpc) is 3.36. The molecule has 1 aliphatic heterocycles. The summed E-state index contributed by atoms with van der Waals surface area (Å²) < 4.78 is 6.28. The third-order valence-electron chi connectivity index (χ3n) is 4.23. The average molecular weight is 417 g/mol. The van der Waals surface area contributed by atoms with E-state index in [1.165, 1.54) is 23.5 Å². The second-order valence-electron chi connectivity index (χ2n) is 6.25. The fraction of sp³-hybridized carbons (Fsp3) is 0.300. The molecule has 1 saturated heterocycles. The Balaban J connectivity index is 1.34. The Kier molecular flexibility index (Phi) is 5.90. The van der Waals surface area contributed by atoms with Gasteiger partial charge in [0.05, 0.1) is 16.1 Å². The number of aryl methyl sites for hydroxylation is 1. The largest absolute Gasteiger partial charge is 0.458 e. The van der Waals surface area contributed by atoms with Gasteiger partial charge in [-0.25, -0.2) is 4.98 Å². The molecule has 3 heterocycles. The van der Waals surface area contributed by atoms with Crippen molar-refractivity contribution in [3.8, 4) is 11.5 Å². The van der Waals surface area contributed by atoms with Crippen LogP contribution in [0, 0.1) is 6.92 Å². The van der Waals surface area contributed by atoms with E-state index in [0.717, 1.165) is 22.2 Å². The van der Waals surface area contributed by atoms with Gasteiger partial charge in [0.15, 0.2) is 5.76 Å². The highest BCUT2D eigenvalue weighted by Crippen LogP contribution is 2.43. The van der Waals surface area contributed by atoms with Crippen LogP contribution in [0.3, 0.4) is 0 Å². The quantitative estimate of drug-likeness (QED) is 0.594. The second-order valence-corrected chi connectivity index (χ2v) is 10.0. The molecule has 0 atom stereocenters. The number of furan rings is 1. The fourth-order valence-corrected chi connectivity index (χ4v) is 6.32. The van der Waals surface area contributed by atoms with E-state index in [-0.39, 0.29) is 5.91 Å². The molecule has 140 valence electrons. The molecule has 1 aromatic carbocycles. The van der Waals surface area contributed by atoms with E-state index in [2.05, 4.69) is 22.4 Å². The lowest BCUT2D eigenvalue weighted by atomic mass is 10.1. The van der Waals surface area contributed by atoms with Crippen molar-refractivity contribution in [1.82, 2.24) is 10.3 Å². The predicted octanol–water partition coefficient (Wildman–Crippen LogP) is 5.51. The zero-order valence-corrected chi connectivity index (χ0v) is 17.4. The molecule has 0 bridgehead atoms. The van der Waals surface area contributed by atoms with Crippen LogP contribution in [0.1, 0.15) is 37.7 Å². The molecule has 27 heavy (non-hydrogen) atoms. The van der Waals surface area contributed by atoms with Gasteiger partial charge in [0.25, 0.3) is 5.91 Å². The molecule has 0 saturated carbocycles. The number of aromatic nitrogens is 1. The molecule has 1 amide bonds. The van der Waals surface area contributed by atoms with Crippen molar-refractivity contribution >= 4 is 40.8 Å². The first-order valence-electron chi connectivity index (χ1n) is 8.81. The van der Waals surface area contributed by atoms with Gasteiger partial charge in [0, 0.05) is 10.9 Å². The molecule has 7 heteroatoms. The SMILES string of the molecule is Cc1nc(-c2ccc(CNC(=O)c3ccc(C4SCCCS4)cc3)o2)cs1. The Morgan fingerprint density at radius 3 is 2.67 bits per heavy atom. The van der Waals surface area contributed by atoms with Gasteiger partial charge in [-0.05, 0) is 54.7 Å². The Morgan fingerprint density at radius 1 is 1.19 bits per heavy atom. The number of hydrogen-bond donors (Lipinski definition) is 1. The number of thioether (sulfide) groups is 2. The van der Waals surface area contributed by atoms with E-state index in [4.69, 9.17) is 4.42 Å². The van der Waals surface area contributed by atoms with Crippen LogP contribution in [-0.2, 0) is 6.54 Å². The van der Waals surface area contributed by atoms with Crippen LogP contribution in [-0.4, -0.2) is 22.4 Å². The number of rotatable bonds is 5. The van der Waals surface area contributed by atoms with Crippen molar-refractivity contribution in [1.29, 1.82) is 0 Å². The fourth-order valence-electron chi connectivity index (χ4n) is 2.83. The van der Waals surface area contributed by atoms with Gasteiger partial charge in [0.1, 0.15) is 11.5 Å². The summed E-state index contributed by atoms with van der Waals surface area (Å²) in [6, 6.07) is 11.7. The van der Waals surface area contributed by atoms with E-state index in [1.807, 2.05) is 60.1 Å². The van der Waals surface area contributed by atoms with Crippen LogP contribution in [0.5, 0.6) is 0 Å². The highest BCUT2D eigenvalue weighted by molar-refractivity contribution is 8.16. The van der Waals surface area contributed by atoms with Gasteiger partial charge in [-0.3, -0.25) is 4.79 Å². The summed E-state index contributed by atoms with van der Waals surface area (Å²) in [6.45, 7) is 2.33. The highest BCUT2D eigenvalue weighted by atomic mass is 32.2. The maximum Gasteiger partial charge on any atom is 0.251 e. The first-order valence-corrected chi connectivity index (χ1v) is 11.8. The van der Waals surface area contributed by atoms with E-state index < -0.39 is 0 Å². The molecule has 0 spiro atoms. The lowest BCUT2D eigenvalue weighted by molar-refractivity contribution is 0.0948. The van der Waals surface area contributed by atoms with Gasteiger partial charge in [-0.2, -0.15) is 0 Å². The third kappa shape index (κ3) is 4.59. The van der Waals surface area contributed by atoms with Gasteiger partial charge >= 0.3 is 0 Å². The summed E-state index contributed by atoms with van der Waals surface area (Å²) >= 11 is 5.56. The van der Waals surface area contributed by atoms with Crippen molar-refractivity contribution in [3.63, 3.8) is 0 Å². The third-order valence-corrected chi connectivity index (χ3v) is 8.02. The van der Waals surface area contributed by atoms with Crippen molar-refractivity contribution < 1.29 is 9.21 Å². The smallest absolute Gasteiger partial charge is 0.251 e. The summed E-state index contributed by atoms with van der Waals surface area (Å²) in [6.07, 6.45) is 1.28. The van der Waals surface area contributed by atoms with Gasteiger partial charge < -0.3 is 9.73 Å². The Bertz CT molecular complexity index is 911. The standard InChI is InChI=1S/C20H20N2O2S3/c1-13-22-17(12-27-13)18-8-7-16(24-18)11-21-19(23)14-3-5-15(6-4-14)20-25-9-2-10-26-20/h3-8,12,20H,2,9-11H2,1H3,(H,21,23). The van der Waals surface area contributed by atoms with Gasteiger partial charge in [-0.1, -0.05) is 12.1 Å². The number of nitrogens with one attached hydrogen (secondary N) is 1. The van der Waals surface area contributed by atoms with Crippen LogP contribution in [0.15, 0.2) is 46.2 Å². The number of thiazole rings is 1. The number of carbonyl (C=O) groups excluding carboxylic acids is 1. The number of carbonyl (C=O) groups is 1. The molecule has 1 aliphatic rings. The predicted molar refractivity (Wildman–Crippen MR) is 114 cm³/mol. The first-order chi connectivity index (χ1) is 13.2. The highest BCUT2D eigenvalue weighted by Gasteiger charge is 2.17. The van der Waals surface area contributed by atoms with Crippen molar-refractivity contribution in [2.24, 2.45) is 0 Å². The van der Waals surface area contributed by atoms with E-state index in [1.54, 1.807) is 11.3 Å². The summed E-state index contributed by atoms with van der Waals surface area (Å²) in [4.78, 5) is 16.8. The maximum atomic E-state index is 12.4. The minimum absolute atomic E-state index is 0.0899. The molecule has 4 nitrogen and oxygen atoms in total. The zero-order chi connectivity index (χ0) is 18.6. The molecular formula is C20H20N2O2S3. The lowest BCUT2D eigenvalue weighted by Crippen LogP contribution is -2.22. The molecule has 2 aromatic heterocycles. The Labute approximate surface area is 171 Å². The monoisotopic (exact) mass is 416 g/mol. The van der Waals surface area contributed by atoms with Crippen LogP contribution < -0.4 is 5.32 Å². The first kappa shape index (κ1) is 18.7. The second kappa shape index (κ2) is 8.54. The van der Waals surface area contributed by atoms with Crippen LogP contribution in [0.2, 0.25) is 0 Å². The minimum atomic E-state index is -0.0899. The topological polar surface area (TPSA) is 55.1 Å². The van der Waals surface area contributed by atoms with E-state index in [9.17, 15) is 4.79 Å². The normalized spacial score (nSPS) is 15.0. The molecule has 0 unspecified atom stereocenters. The van der Waals surface area contributed by atoms with Crippen LogP contribution >= 0.6 is 34.9 Å². The Hall–Kier alpha value is -1.70. The van der Waals surface area contributed by atoms with Crippen LogP contribution in [0.25, 0.3) is 11.5 Å². The molecule has 3 aromatic rings. The molecule has 0 aliphatic carbocycles. The van der Waals surface area contributed by atoms with Crippen LogP contribution in [0.4, 0.5) is 0 Å². The van der Waals surface area contributed by atoms with Crippen molar-refractivity contribution in [2.75, 3.05) is 11.5 Å². The lowest BCUT2D eigenvalue weighted by Gasteiger charge is -2.21. The maximum absolute atomic E-state index is 12.4. The van der Waals surface area contributed by atoms with Crippen molar-refractivity contribution in [3.05, 3.63) is 63.7 Å². The molecule has 0 radical (unpaired) electrons. The summed E-state index contributed by atoms with van der Waals surface area (Å²) in [5.41, 5.74) is 2.80. The number of amides is 1. The van der Waals surface area contributed by atoms with E-state index in [0.29, 0.717) is 16.7 Å². The molecular weight excluding hydrogens is 396 g/mol. The van der Waals surface area contributed by atoms with Gasteiger partial charge in [-0.15, -0.1) is 34.9 Å². The summed E-state index contributed by atoms with van der Waals surface area (Å²) in [5.74, 6) is 3.79. The zero-order valence-electron chi connectivity index (χ0n) is 14.9.